The summed E-state index contributed by atoms with van der Waals surface area (Å²) in [5, 5.41) is 6.61. The zero-order chi connectivity index (χ0) is 19.2. The van der Waals surface area contributed by atoms with Gasteiger partial charge in [0.25, 0.3) is 5.91 Å². The number of halogens is 1. The molecule has 1 saturated carbocycles. The quantitative estimate of drug-likeness (QED) is 0.661. The van der Waals surface area contributed by atoms with Crippen LogP contribution in [-0.4, -0.2) is 18.4 Å². The van der Waals surface area contributed by atoms with Gasteiger partial charge in [0.05, 0.1) is 6.04 Å². The van der Waals surface area contributed by atoms with Crippen molar-refractivity contribution >= 4 is 23.4 Å². The van der Waals surface area contributed by atoms with Crippen molar-refractivity contribution in [3.05, 3.63) is 70.2 Å². The number of hydrogen-bond donors (Lipinski definition) is 2. The Balaban J connectivity index is 1.42. The Morgan fingerprint density at radius 2 is 1.74 bits per heavy atom. The van der Waals surface area contributed by atoms with E-state index in [1.807, 2.05) is 0 Å². The van der Waals surface area contributed by atoms with Crippen LogP contribution in [0.5, 0.6) is 0 Å². The first kappa shape index (κ1) is 19.4. The van der Waals surface area contributed by atoms with E-state index in [2.05, 4.69) is 41.8 Å². The molecule has 27 heavy (non-hydrogen) atoms. The molecule has 0 heterocycles. The molecule has 2 aromatic rings. The summed E-state index contributed by atoms with van der Waals surface area (Å²) in [5.41, 5.74) is 2.96. The fraction of sp³-hybridized carbons (Fsp3) is 0.364. The van der Waals surface area contributed by atoms with E-state index in [1.165, 1.54) is 11.1 Å². The highest BCUT2D eigenvalue weighted by Crippen LogP contribution is 2.41. The summed E-state index contributed by atoms with van der Waals surface area (Å²) in [7, 11) is 0. The molecule has 1 aliphatic carbocycles. The van der Waals surface area contributed by atoms with Crippen molar-refractivity contribution < 1.29 is 9.59 Å². The van der Waals surface area contributed by atoms with Crippen molar-refractivity contribution in [3.8, 4) is 0 Å². The zero-order valence-corrected chi connectivity index (χ0v) is 16.3. The molecular weight excluding hydrogens is 360 g/mol. The van der Waals surface area contributed by atoms with E-state index < -0.39 is 0 Å². The van der Waals surface area contributed by atoms with Gasteiger partial charge in [-0.15, -0.1) is 0 Å². The van der Waals surface area contributed by atoms with Gasteiger partial charge in [0, 0.05) is 23.6 Å². The van der Waals surface area contributed by atoms with Crippen LogP contribution in [0.4, 0.5) is 0 Å². The molecule has 1 aliphatic rings. The first-order valence-electron chi connectivity index (χ1n) is 9.42. The van der Waals surface area contributed by atoms with Gasteiger partial charge in [-0.1, -0.05) is 41.4 Å². The lowest BCUT2D eigenvalue weighted by Gasteiger charge is -2.19. The van der Waals surface area contributed by atoms with Gasteiger partial charge in [-0.05, 0) is 61.9 Å². The largest absolute Gasteiger partial charge is 0.352 e. The van der Waals surface area contributed by atoms with Crippen LogP contribution in [0.15, 0.2) is 48.5 Å². The minimum Gasteiger partial charge on any atom is -0.352 e. The first-order valence-corrected chi connectivity index (χ1v) is 9.80. The number of amides is 2. The number of carbonyl (C=O) groups excluding carboxylic acids is 2. The number of rotatable bonds is 8. The number of benzene rings is 2. The zero-order valence-electron chi connectivity index (χ0n) is 15.5. The molecule has 3 rings (SSSR count). The van der Waals surface area contributed by atoms with E-state index in [0.29, 0.717) is 35.9 Å². The Hall–Kier alpha value is -2.33. The minimum absolute atomic E-state index is 0.0354. The van der Waals surface area contributed by atoms with E-state index in [0.717, 1.165) is 12.8 Å². The molecule has 0 radical (unpaired) electrons. The second kappa shape index (κ2) is 9.05. The van der Waals surface area contributed by atoms with Gasteiger partial charge in [0.2, 0.25) is 5.91 Å². The molecule has 0 aliphatic heterocycles. The Morgan fingerprint density at radius 1 is 1.07 bits per heavy atom. The molecule has 142 valence electrons. The van der Waals surface area contributed by atoms with Crippen LogP contribution in [0.2, 0.25) is 5.02 Å². The van der Waals surface area contributed by atoms with E-state index in [1.54, 1.807) is 24.3 Å². The highest BCUT2D eigenvalue weighted by atomic mass is 35.5. The normalized spacial score (nSPS) is 14.4. The average molecular weight is 385 g/mol. The van der Waals surface area contributed by atoms with Crippen LogP contribution < -0.4 is 10.6 Å². The van der Waals surface area contributed by atoms with Crippen molar-refractivity contribution in [1.29, 1.82) is 0 Å². The van der Waals surface area contributed by atoms with Crippen molar-refractivity contribution in [3.63, 3.8) is 0 Å². The average Bonchev–Trinajstić information content (AvgIpc) is 3.49. The van der Waals surface area contributed by atoms with Gasteiger partial charge in [-0.3, -0.25) is 9.59 Å². The standard InChI is InChI=1S/C22H25ClN2O2/c1-15-4-6-16(7-5-15)21(17-8-9-17)25-20(26)3-2-14-24-22(27)18-10-12-19(23)13-11-18/h4-7,10-13,17,21H,2-3,8-9,14H2,1H3,(H,24,27)(H,25,26). The Morgan fingerprint density at radius 3 is 2.37 bits per heavy atom. The van der Waals surface area contributed by atoms with Crippen LogP contribution in [0.3, 0.4) is 0 Å². The van der Waals surface area contributed by atoms with Gasteiger partial charge < -0.3 is 10.6 Å². The van der Waals surface area contributed by atoms with E-state index >= 15 is 0 Å². The van der Waals surface area contributed by atoms with Crippen LogP contribution in [0, 0.1) is 12.8 Å². The van der Waals surface area contributed by atoms with Crippen LogP contribution in [0.25, 0.3) is 0 Å². The van der Waals surface area contributed by atoms with E-state index in [4.69, 9.17) is 11.6 Å². The maximum absolute atomic E-state index is 12.3. The topological polar surface area (TPSA) is 58.2 Å². The molecular formula is C22H25ClN2O2. The van der Waals surface area contributed by atoms with Crippen LogP contribution in [-0.2, 0) is 4.79 Å². The lowest BCUT2D eigenvalue weighted by molar-refractivity contribution is -0.122. The predicted octanol–water partition coefficient (Wildman–Crippen LogP) is 4.43. The molecule has 1 unspecified atom stereocenters. The first-order chi connectivity index (χ1) is 13.0. The lowest BCUT2D eigenvalue weighted by Crippen LogP contribution is -2.31. The number of aryl methyl sites for hydroxylation is 1. The molecule has 2 N–H and O–H groups in total. The summed E-state index contributed by atoms with van der Waals surface area (Å²) < 4.78 is 0. The third-order valence-corrected chi connectivity index (χ3v) is 5.07. The monoisotopic (exact) mass is 384 g/mol. The third-order valence-electron chi connectivity index (χ3n) is 4.82. The molecule has 0 aromatic heterocycles. The van der Waals surface area contributed by atoms with Crippen molar-refractivity contribution in [1.82, 2.24) is 10.6 Å². The minimum atomic E-state index is -0.150. The molecule has 5 heteroatoms. The number of carbonyl (C=O) groups is 2. The lowest BCUT2D eigenvalue weighted by atomic mass is 10.0. The smallest absolute Gasteiger partial charge is 0.251 e. The molecule has 0 bridgehead atoms. The second-order valence-corrected chi connectivity index (χ2v) is 7.60. The van der Waals surface area contributed by atoms with Crippen LogP contribution in [0.1, 0.15) is 53.2 Å². The van der Waals surface area contributed by atoms with E-state index in [-0.39, 0.29) is 17.9 Å². The third kappa shape index (κ3) is 5.83. The van der Waals surface area contributed by atoms with E-state index in [9.17, 15) is 9.59 Å². The van der Waals surface area contributed by atoms with Crippen molar-refractivity contribution in [2.45, 2.75) is 38.6 Å². The van der Waals surface area contributed by atoms with Crippen molar-refractivity contribution in [2.24, 2.45) is 5.92 Å². The van der Waals surface area contributed by atoms with Gasteiger partial charge in [-0.25, -0.2) is 0 Å². The van der Waals surface area contributed by atoms with Gasteiger partial charge >= 0.3 is 0 Å². The fourth-order valence-electron chi connectivity index (χ4n) is 3.08. The summed E-state index contributed by atoms with van der Waals surface area (Å²) in [6.45, 7) is 2.53. The highest BCUT2D eigenvalue weighted by molar-refractivity contribution is 6.30. The summed E-state index contributed by atoms with van der Waals surface area (Å²) in [6.07, 6.45) is 3.33. The van der Waals surface area contributed by atoms with Crippen LogP contribution >= 0.6 is 11.6 Å². The SMILES string of the molecule is Cc1ccc(C(NC(=O)CCCNC(=O)c2ccc(Cl)cc2)C2CC2)cc1. The fourth-order valence-corrected chi connectivity index (χ4v) is 3.20. The molecule has 2 amide bonds. The second-order valence-electron chi connectivity index (χ2n) is 7.16. The molecule has 2 aromatic carbocycles. The number of hydrogen-bond acceptors (Lipinski definition) is 2. The summed E-state index contributed by atoms with van der Waals surface area (Å²) >= 11 is 5.82. The number of nitrogens with one attached hydrogen (secondary N) is 2. The maximum Gasteiger partial charge on any atom is 0.251 e. The highest BCUT2D eigenvalue weighted by Gasteiger charge is 2.33. The van der Waals surface area contributed by atoms with Crippen molar-refractivity contribution in [2.75, 3.05) is 6.54 Å². The maximum atomic E-state index is 12.3. The van der Waals surface area contributed by atoms with Gasteiger partial charge in [0.1, 0.15) is 0 Å². The molecule has 0 saturated heterocycles. The van der Waals surface area contributed by atoms with Gasteiger partial charge in [-0.2, -0.15) is 0 Å². The summed E-state index contributed by atoms with van der Waals surface area (Å²) in [5.74, 6) is 0.428. The Labute approximate surface area is 165 Å². The van der Waals surface area contributed by atoms with Gasteiger partial charge in [0.15, 0.2) is 0 Å². The molecule has 4 nitrogen and oxygen atoms in total. The molecule has 0 spiro atoms. The Kier molecular flexibility index (Phi) is 6.51. The molecule has 1 atom stereocenters. The summed E-state index contributed by atoms with van der Waals surface area (Å²) in [4.78, 5) is 24.4. The molecule has 1 fully saturated rings. The Bertz CT molecular complexity index is 783. The predicted molar refractivity (Wildman–Crippen MR) is 108 cm³/mol. The summed E-state index contributed by atoms with van der Waals surface area (Å²) in [6, 6.07) is 15.2.